The molecule has 6 nitrogen and oxygen atoms in total. The Labute approximate surface area is 164 Å². The van der Waals surface area contributed by atoms with E-state index in [0.29, 0.717) is 0 Å². The zero-order chi connectivity index (χ0) is 23.2. The van der Waals surface area contributed by atoms with Crippen molar-refractivity contribution in [3.8, 4) is 0 Å². The number of halogens is 6. The Bertz CT molecular complexity index is 949. The lowest BCUT2D eigenvalue weighted by Gasteiger charge is -2.31. The molecule has 0 aliphatic carbocycles. The first kappa shape index (κ1) is 25.5. The summed E-state index contributed by atoms with van der Waals surface area (Å²) in [5.74, 6) is -7.97. The van der Waals surface area contributed by atoms with Gasteiger partial charge in [0, 0.05) is 0 Å². The van der Waals surface area contributed by atoms with E-state index in [9.17, 15) is 43.2 Å². The highest BCUT2D eigenvalue weighted by Gasteiger charge is 2.82. The molecule has 0 fully saturated rings. The van der Waals surface area contributed by atoms with Crippen molar-refractivity contribution in [1.82, 2.24) is 0 Å². The maximum atomic E-state index is 14.1. The minimum Gasteiger partial charge on any atom is -0.281 e. The Hall–Kier alpha value is -1.54. The number of nitrogens with one attached hydrogen (secondary N) is 1. The van der Waals surface area contributed by atoms with Crippen molar-refractivity contribution in [2.75, 3.05) is 4.72 Å². The number of alkyl halides is 6. The van der Waals surface area contributed by atoms with Gasteiger partial charge in [-0.05, 0) is 23.0 Å². The van der Waals surface area contributed by atoms with Crippen LogP contribution >= 0.6 is 0 Å². The van der Waals surface area contributed by atoms with Crippen LogP contribution in [0.15, 0.2) is 18.2 Å². The molecule has 0 heterocycles. The maximum Gasteiger partial charge on any atom is 0.439 e. The van der Waals surface area contributed by atoms with Crippen molar-refractivity contribution < 1.29 is 47.7 Å². The smallest absolute Gasteiger partial charge is 0.281 e. The van der Waals surface area contributed by atoms with E-state index in [1.165, 1.54) is 50.6 Å². The molecule has 0 radical (unpaired) electrons. The van der Waals surface area contributed by atoms with Crippen molar-refractivity contribution in [3.05, 3.63) is 29.3 Å². The first-order chi connectivity index (χ1) is 12.7. The largest absolute Gasteiger partial charge is 0.439 e. The Kier molecular flexibility index (Phi) is 6.69. The van der Waals surface area contributed by atoms with Crippen LogP contribution in [-0.2, 0) is 20.1 Å². The zero-order valence-corrected chi connectivity index (χ0v) is 17.2. The van der Waals surface area contributed by atoms with Crippen molar-refractivity contribution in [2.45, 2.75) is 56.0 Å². The minimum atomic E-state index is -7.08. The summed E-state index contributed by atoms with van der Waals surface area (Å²) in [7, 11) is -13.7. The van der Waals surface area contributed by atoms with E-state index in [-0.39, 0.29) is 11.1 Å². The van der Waals surface area contributed by atoms with Gasteiger partial charge in [-0.25, -0.2) is 0 Å². The summed E-state index contributed by atoms with van der Waals surface area (Å²) in [5, 5.41) is -13.4. The molecule has 0 atom stereocenters. The van der Waals surface area contributed by atoms with E-state index in [1.54, 1.807) is 0 Å². The normalized spacial score (nSPS) is 14.5. The summed E-state index contributed by atoms with van der Waals surface area (Å²) in [6.45, 7) is 6.15. The molecule has 0 aromatic heterocycles. The van der Waals surface area contributed by atoms with Crippen molar-refractivity contribution in [3.63, 3.8) is 0 Å². The Morgan fingerprint density at radius 1 is 0.828 bits per heavy atom. The standard InChI is InChI=1S/C15H19F6NO5S2/c1-8(2)10-6-5-7-11(9(3)4)12(10)22-28(23,24)14(18,19)13(16,17)15(20,21)29(25,26)27/h5-9,22H,1-4H3,(H,25,26,27). The number of benzene rings is 1. The van der Waals surface area contributed by atoms with E-state index >= 15 is 0 Å². The quantitative estimate of drug-likeness (QED) is 0.433. The van der Waals surface area contributed by atoms with Crippen molar-refractivity contribution in [2.24, 2.45) is 0 Å². The van der Waals surface area contributed by atoms with Crippen LogP contribution in [0.2, 0.25) is 0 Å². The number of sulfonamides is 1. The molecule has 0 bridgehead atoms. The molecule has 0 spiro atoms. The third kappa shape index (κ3) is 4.19. The summed E-state index contributed by atoms with van der Waals surface area (Å²) in [5.41, 5.74) is -0.288. The summed E-state index contributed by atoms with van der Waals surface area (Å²) >= 11 is 0. The predicted octanol–water partition coefficient (Wildman–Crippen LogP) is 4.38. The predicted molar refractivity (Wildman–Crippen MR) is 93.6 cm³/mol. The molecule has 0 saturated heterocycles. The van der Waals surface area contributed by atoms with Gasteiger partial charge < -0.3 is 0 Å². The third-order valence-corrected chi connectivity index (χ3v) is 6.31. The highest BCUT2D eigenvalue weighted by molar-refractivity contribution is 7.94. The van der Waals surface area contributed by atoms with E-state index < -0.39 is 54.1 Å². The van der Waals surface area contributed by atoms with Crippen molar-refractivity contribution >= 4 is 25.8 Å². The van der Waals surface area contributed by atoms with Gasteiger partial charge >= 0.3 is 36.6 Å². The van der Waals surface area contributed by atoms with Crippen LogP contribution in [0.3, 0.4) is 0 Å². The average Bonchev–Trinajstić information content (AvgIpc) is 2.52. The maximum absolute atomic E-state index is 14.1. The molecule has 168 valence electrons. The first-order valence-electron chi connectivity index (χ1n) is 7.98. The van der Waals surface area contributed by atoms with Gasteiger partial charge in [-0.1, -0.05) is 45.9 Å². The van der Waals surface area contributed by atoms with Gasteiger partial charge in [0.15, 0.2) is 0 Å². The molecule has 0 aliphatic heterocycles. The van der Waals surface area contributed by atoms with Gasteiger partial charge in [-0.3, -0.25) is 9.27 Å². The number of anilines is 1. The van der Waals surface area contributed by atoms with Crippen LogP contribution in [0, 0.1) is 0 Å². The number of hydrogen-bond donors (Lipinski definition) is 2. The second-order valence-corrected chi connectivity index (χ2v) is 10.00. The molecular formula is C15H19F6NO5S2. The fourth-order valence-electron chi connectivity index (χ4n) is 2.37. The second-order valence-electron chi connectivity index (χ2n) is 6.81. The molecule has 1 rings (SSSR count). The van der Waals surface area contributed by atoms with E-state index in [1.807, 2.05) is 0 Å². The van der Waals surface area contributed by atoms with Gasteiger partial charge in [0.05, 0.1) is 5.69 Å². The topological polar surface area (TPSA) is 101 Å². The van der Waals surface area contributed by atoms with Crippen LogP contribution < -0.4 is 4.72 Å². The average molecular weight is 471 g/mol. The Morgan fingerprint density at radius 3 is 1.52 bits per heavy atom. The van der Waals surface area contributed by atoms with Gasteiger partial charge in [0.2, 0.25) is 0 Å². The second kappa shape index (κ2) is 7.61. The number of rotatable bonds is 8. The highest BCUT2D eigenvalue weighted by Crippen LogP contribution is 2.51. The van der Waals surface area contributed by atoms with Crippen LogP contribution in [0.25, 0.3) is 0 Å². The van der Waals surface area contributed by atoms with E-state index in [4.69, 9.17) is 4.55 Å². The third-order valence-electron chi connectivity index (χ3n) is 4.00. The number of hydrogen-bond acceptors (Lipinski definition) is 4. The molecule has 0 unspecified atom stereocenters. The lowest BCUT2D eigenvalue weighted by Crippen LogP contribution is -2.61. The molecule has 29 heavy (non-hydrogen) atoms. The summed E-state index contributed by atoms with van der Waals surface area (Å²) in [4.78, 5) is 0. The van der Waals surface area contributed by atoms with Crippen LogP contribution in [0.5, 0.6) is 0 Å². The van der Waals surface area contributed by atoms with E-state index in [2.05, 4.69) is 0 Å². The number of para-hydroxylation sites is 1. The molecule has 0 aliphatic rings. The Morgan fingerprint density at radius 2 is 1.21 bits per heavy atom. The lowest BCUT2D eigenvalue weighted by molar-refractivity contribution is -0.245. The summed E-state index contributed by atoms with van der Waals surface area (Å²) in [6.07, 6.45) is 0. The van der Waals surface area contributed by atoms with Crippen LogP contribution in [0.1, 0.15) is 50.7 Å². The summed E-state index contributed by atoms with van der Waals surface area (Å²) < 4.78 is 137. The van der Waals surface area contributed by atoms with Crippen LogP contribution in [0.4, 0.5) is 32.0 Å². The molecule has 0 amide bonds. The molecule has 14 heteroatoms. The van der Waals surface area contributed by atoms with Gasteiger partial charge in [0.25, 0.3) is 0 Å². The van der Waals surface area contributed by atoms with Gasteiger partial charge in [-0.15, -0.1) is 0 Å². The SMILES string of the molecule is CC(C)c1cccc(C(C)C)c1NS(=O)(=O)C(F)(F)C(F)(F)C(F)(F)S(=O)(=O)O. The van der Waals surface area contributed by atoms with Gasteiger partial charge in [-0.2, -0.15) is 43.2 Å². The highest BCUT2D eigenvalue weighted by atomic mass is 32.2. The minimum absolute atomic E-state index is 0.112. The van der Waals surface area contributed by atoms with Crippen molar-refractivity contribution in [1.29, 1.82) is 0 Å². The van der Waals surface area contributed by atoms with Crippen LogP contribution in [-0.4, -0.2) is 37.8 Å². The summed E-state index contributed by atoms with van der Waals surface area (Å²) in [6, 6.07) is 4.09. The fourth-order valence-corrected chi connectivity index (χ4v) is 3.98. The lowest BCUT2D eigenvalue weighted by atomic mass is 9.93. The fraction of sp³-hybridized carbons (Fsp3) is 0.600. The molecule has 1 aromatic carbocycles. The van der Waals surface area contributed by atoms with Gasteiger partial charge in [0.1, 0.15) is 0 Å². The molecule has 0 saturated carbocycles. The molecule has 2 N–H and O–H groups in total. The monoisotopic (exact) mass is 471 g/mol. The first-order valence-corrected chi connectivity index (χ1v) is 10.9. The Balaban J connectivity index is 3.67. The molecular weight excluding hydrogens is 452 g/mol. The molecule has 1 aromatic rings. The van der Waals surface area contributed by atoms with E-state index in [0.717, 1.165) is 0 Å². The zero-order valence-electron chi connectivity index (χ0n) is 15.6.